The number of nitrogens with two attached hydrogens (primary N) is 1. The van der Waals surface area contributed by atoms with E-state index in [0.717, 1.165) is 17.6 Å². The molecule has 2 aromatic rings. The minimum Gasteiger partial charge on any atom is -0.493 e. The average molecular weight is 590 g/mol. The summed E-state index contributed by atoms with van der Waals surface area (Å²) in [4.78, 5) is 51.4. The Labute approximate surface area is 239 Å². The number of benzene rings is 2. The number of fused-ring (bicyclic) bond motifs is 1. The van der Waals surface area contributed by atoms with Crippen molar-refractivity contribution in [2.45, 2.75) is 45.1 Å². The monoisotopic (exact) mass is 589 g/mol. The molecule has 1 aliphatic heterocycles. The van der Waals surface area contributed by atoms with Crippen molar-refractivity contribution in [3.05, 3.63) is 53.1 Å². The number of methoxy groups -OCH3 is 1. The first-order valence-corrected chi connectivity index (χ1v) is 15.2. The Hall–Kier alpha value is -4.13. The zero-order valence-electron chi connectivity index (χ0n) is 23.3. The van der Waals surface area contributed by atoms with Crippen molar-refractivity contribution < 1.29 is 41.8 Å². The van der Waals surface area contributed by atoms with Gasteiger partial charge in [0.25, 0.3) is 11.8 Å². The molecular weight excluding hydrogens is 554 g/mol. The summed E-state index contributed by atoms with van der Waals surface area (Å²) in [7, 11) is -2.19. The third-order valence-corrected chi connectivity index (χ3v) is 7.33. The molecule has 1 aliphatic rings. The van der Waals surface area contributed by atoms with E-state index >= 15 is 0 Å². The van der Waals surface area contributed by atoms with Crippen LogP contribution in [0.4, 0.5) is 10.5 Å². The second-order valence-electron chi connectivity index (χ2n) is 9.54. The third kappa shape index (κ3) is 8.19. The predicted molar refractivity (Wildman–Crippen MR) is 151 cm³/mol. The number of carbonyl (C=O) groups is 4. The number of amides is 4. The minimum atomic E-state index is -3.65. The van der Waals surface area contributed by atoms with Crippen molar-refractivity contribution in [1.82, 2.24) is 4.90 Å². The lowest BCUT2D eigenvalue weighted by atomic mass is 10.1. The van der Waals surface area contributed by atoms with Crippen LogP contribution in [0.2, 0.25) is 0 Å². The molecule has 12 nitrogen and oxygen atoms in total. The van der Waals surface area contributed by atoms with Crippen molar-refractivity contribution >= 4 is 39.3 Å². The Morgan fingerprint density at radius 3 is 2.41 bits per heavy atom. The highest BCUT2D eigenvalue weighted by Crippen LogP contribution is 2.38. The predicted octanol–water partition coefficient (Wildman–Crippen LogP) is 3.46. The highest BCUT2D eigenvalue weighted by molar-refractivity contribution is 7.90. The summed E-state index contributed by atoms with van der Waals surface area (Å²) in [6.07, 6.45) is 3.02. The van der Waals surface area contributed by atoms with E-state index in [1.807, 2.05) is 0 Å². The molecule has 3 rings (SSSR count). The van der Waals surface area contributed by atoms with Crippen LogP contribution in [0.25, 0.3) is 0 Å². The van der Waals surface area contributed by atoms with Crippen molar-refractivity contribution in [1.29, 1.82) is 0 Å². The Bertz CT molecular complexity index is 1410. The summed E-state index contributed by atoms with van der Waals surface area (Å²) >= 11 is 0. The summed E-state index contributed by atoms with van der Waals surface area (Å²) in [6, 6.07) is 8.13. The lowest BCUT2D eigenvalue weighted by Crippen LogP contribution is -2.37. The second kappa shape index (κ2) is 14.0. The number of ether oxygens (including phenoxy) is 3. The molecule has 0 unspecified atom stereocenters. The zero-order valence-corrected chi connectivity index (χ0v) is 24.1. The molecule has 13 heteroatoms. The fraction of sp³-hybridized carbons (Fsp3) is 0.429. The fourth-order valence-corrected chi connectivity index (χ4v) is 5.51. The Kier molecular flexibility index (Phi) is 10.7. The summed E-state index contributed by atoms with van der Waals surface area (Å²) in [5.74, 6) is -1.46. The van der Waals surface area contributed by atoms with Gasteiger partial charge in [-0.25, -0.2) is 13.2 Å². The molecule has 0 saturated heterocycles. The molecule has 41 heavy (non-hydrogen) atoms. The van der Waals surface area contributed by atoms with E-state index in [1.165, 1.54) is 19.2 Å². The van der Waals surface area contributed by atoms with Gasteiger partial charge in [-0.15, -0.1) is 0 Å². The maximum Gasteiger partial charge on any atom is 0.404 e. The number of nitrogens with one attached hydrogen (secondary N) is 1. The van der Waals surface area contributed by atoms with Crippen LogP contribution in [-0.2, 0) is 19.4 Å². The van der Waals surface area contributed by atoms with Gasteiger partial charge in [-0.2, -0.15) is 0 Å². The highest BCUT2D eigenvalue weighted by atomic mass is 32.2. The summed E-state index contributed by atoms with van der Waals surface area (Å²) in [5, 5.41) is 2.72. The number of anilines is 1. The van der Waals surface area contributed by atoms with Gasteiger partial charge in [0.2, 0.25) is 5.91 Å². The number of carbonyl (C=O) groups excluding carboxylic acids is 4. The van der Waals surface area contributed by atoms with E-state index in [9.17, 15) is 27.6 Å². The van der Waals surface area contributed by atoms with Gasteiger partial charge in [-0.1, -0.05) is 25.0 Å². The molecule has 0 fully saturated rings. The van der Waals surface area contributed by atoms with Crippen molar-refractivity contribution in [2.24, 2.45) is 5.73 Å². The second-order valence-corrected chi connectivity index (χ2v) is 11.7. The Morgan fingerprint density at radius 1 is 1.02 bits per heavy atom. The minimum absolute atomic E-state index is 0.00601. The van der Waals surface area contributed by atoms with Crippen LogP contribution in [0.3, 0.4) is 0 Å². The lowest BCUT2D eigenvalue weighted by Gasteiger charge is -2.27. The molecule has 0 saturated carbocycles. The molecule has 0 aromatic heterocycles. The van der Waals surface area contributed by atoms with Gasteiger partial charge in [-0.3, -0.25) is 19.3 Å². The molecule has 222 valence electrons. The lowest BCUT2D eigenvalue weighted by molar-refractivity contribution is -0.116. The number of hydrogen-bond donors (Lipinski definition) is 2. The summed E-state index contributed by atoms with van der Waals surface area (Å²) in [5.41, 5.74) is 5.54. The number of imide groups is 1. The van der Waals surface area contributed by atoms with E-state index in [4.69, 9.17) is 15.2 Å². The van der Waals surface area contributed by atoms with Crippen molar-refractivity contribution in [3.8, 4) is 11.5 Å². The maximum atomic E-state index is 13.7. The van der Waals surface area contributed by atoms with Crippen LogP contribution in [0, 0.1) is 0 Å². The van der Waals surface area contributed by atoms with Gasteiger partial charge >= 0.3 is 6.09 Å². The van der Waals surface area contributed by atoms with Crippen LogP contribution in [0.15, 0.2) is 36.4 Å². The largest absolute Gasteiger partial charge is 0.493 e. The smallest absolute Gasteiger partial charge is 0.404 e. The zero-order chi connectivity index (χ0) is 30.2. The summed E-state index contributed by atoms with van der Waals surface area (Å²) in [6.45, 7) is 2.31. The molecule has 0 bridgehead atoms. The Balaban J connectivity index is 1.81. The quantitative estimate of drug-likeness (QED) is 0.233. The van der Waals surface area contributed by atoms with Crippen LogP contribution in [0.5, 0.6) is 11.5 Å². The topological polar surface area (TPSA) is 171 Å². The van der Waals surface area contributed by atoms with Crippen LogP contribution < -0.4 is 20.5 Å². The number of hydrogen-bond acceptors (Lipinski definition) is 9. The van der Waals surface area contributed by atoms with E-state index in [2.05, 4.69) is 10.1 Å². The van der Waals surface area contributed by atoms with Gasteiger partial charge in [0.05, 0.1) is 48.9 Å². The first-order valence-electron chi connectivity index (χ1n) is 13.2. The standard InChI is InChI=1S/C28H35N3O9S/c1-4-39-23-16-18(13-14-22(23)38-2)21(17-41(3,36)37)31-26(33)19-10-9-11-20(25(19)27(31)34)30-24(32)12-7-5-6-8-15-40-28(29)35/h9-11,13-14,16,21H,4-8,12,15,17H2,1-3H3,(H2,29,35)(H,30,32)/t21-/m1/s1. The molecule has 3 N–H and O–H groups in total. The van der Waals surface area contributed by atoms with E-state index in [-0.39, 0.29) is 35.7 Å². The number of rotatable bonds is 15. The molecule has 0 spiro atoms. The molecule has 1 heterocycles. The molecule has 2 aromatic carbocycles. The van der Waals surface area contributed by atoms with Crippen LogP contribution in [0.1, 0.15) is 71.3 Å². The van der Waals surface area contributed by atoms with E-state index in [1.54, 1.807) is 31.2 Å². The van der Waals surface area contributed by atoms with Crippen LogP contribution >= 0.6 is 0 Å². The maximum absolute atomic E-state index is 13.7. The highest BCUT2D eigenvalue weighted by Gasteiger charge is 2.43. The first kappa shape index (κ1) is 31.4. The summed E-state index contributed by atoms with van der Waals surface area (Å²) < 4.78 is 40.5. The number of nitrogens with zero attached hydrogens (tertiary/aromatic N) is 1. The molecule has 0 radical (unpaired) electrons. The van der Waals surface area contributed by atoms with Gasteiger partial charge in [-0.05, 0) is 49.6 Å². The SMILES string of the molecule is CCOc1cc([C@@H](CS(C)(=O)=O)N2C(=O)c3cccc(NC(=O)CCCCCCOC(N)=O)c3C2=O)ccc1OC. The number of primary amides is 1. The van der Waals surface area contributed by atoms with Gasteiger partial charge in [0, 0.05) is 12.7 Å². The van der Waals surface area contributed by atoms with Gasteiger partial charge < -0.3 is 25.3 Å². The fourth-order valence-electron chi connectivity index (χ4n) is 4.59. The molecule has 0 aliphatic carbocycles. The average Bonchev–Trinajstić information content (AvgIpc) is 3.16. The van der Waals surface area contributed by atoms with Gasteiger partial charge in [0.1, 0.15) is 9.84 Å². The molecular formula is C28H35N3O9S. The third-order valence-electron chi connectivity index (χ3n) is 6.41. The first-order chi connectivity index (χ1) is 19.5. The molecule has 4 amide bonds. The van der Waals surface area contributed by atoms with Gasteiger partial charge in [0.15, 0.2) is 11.5 Å². The number of sulfone groups is 1. The van der Waals surface area contributed by atoms with Crippen molar-refractivity contribution in [2.75, 3.05) is 37.6 Å². The van der Waals surface area contributed by atoms with E-state index < -0.39 is 39.5 Å². The number of unbranched alkanes of at least 4 members (excludes halogenated alkanes) is 3. The molecule has 1 atom stereocenters. The normalized spacial score (nSPS) is 13.5. The Morgan fingerprint density at radius 2 is 1.76 bits per heavy atom. The van der Waals surface area contributed by atoms with E-state index in [0.29, 0.717) is 42.9 Å². The van der Waals surface area contributed by atoms with Crippen LogP contribution in [-0.4, -0.2) is 69.5 Å². The van der Waals surface area contributed by atoms with Crippen molar-refractivity contribution in [3.63, 3.8) is 0 Å².